The number of anilines is 1. The van der Waals surface area contributed by atoms with Crippen LogP contribution in [0.25, 0.3) is 27.6 Å². The van der Waals surface area contributed by atoms with E-state index in [1.165, 1.54) is 16.8 Å². The van der Waals surface area contributed by atoms with Crippen LogP contribution in [-0.4, -0.2) is 43.6 Å². The molecule has 0 aliphatic heterocycles. The van der Waals surface area contributed by atoms with Crippen LogP contribution in [0.15, 0.2) is 70.4 Å². The van der Waals surface area contributed by atoms with Crippen molar-refractivity contribution in [3.63, 3.8) is 0 Å². The van der Waals surface area contributed by atoms with Crippen LogP contribution in [0, 0.1) is 0 Å². The number of nitrogens with one attached hydrogen (secondary N) is 2. The van der Waals surface area contributed by atoms with E-state index >= 15 is 0 Å². The van der Waals surface area contributed by atoms with Gasteiger partial charge in [0.2, 0.25) is 10.0 Å². The lowest BCUT2D eigenvalue weighted by atomic mass is 9.83. The largest absolute Gasteiger partial charge is 0.496 e. The summed E-state index contributed by atoms with van der Waals surface area (Å²) in [7, 11) is -0.763. The molecule has 0 fully saturated rings. The summed E-state index contributed by atoms with van der Waals surface area (Å²) in [6, 6.07) is 16.2. The van der Waals surface area contributed by atoms with Gasteiger partial charge in [-0.1, -0.05) is 39.0 Å². The van der Waals surface area contributed by atoms with Crippen LogP contribution in [0.1, 0.15) is 26.3 Å². The Labute approximate surface area is 215 Å². The highest BCUT2D eigenvalue weighted by molar-refractivity contribution is 7.92. The third-order valence-corrected chi connectivity index (χ3v) is 6.25. The minimum atomic E-state index is -3.38. The topological polar surface area (TPSA) is 130 Å². The molecule has 3 aromatic carbocycles. The number of H-pyrrole nitrogens is 1. The van der Waals surface area contributed by atoms with Crippen molar-refractivity contribution in [1.82, 2.24) is 9.55 Å². The number of methoxy groups -OCH3 is 1. The molecule has 9 nitrogen and oxygen atoms in total. The molecule has 1 aromatic heterocycles. The second-order valence-electron chi connectivity index (χ2n) is 9.46. The van der Waals surface area contributed by atoms with E-state index in [-0.39, 0.29) is 5.41 Å². The lowest BCUT2D eigenvalue weighted by molar-refractivity contribution is 0.399. The smallest absolute Gasteiger partial charge is 0.332 e. The number of ether oxygens (including phenoxy) is 1. The fourth-order valence-electron chi connectivity index (χ4n) is 4.06. The summed E-state index contributed by atoms with van der Waals surface area (Å²) in [5.74, 6) is 0.688. The van der Waals surface area contributed by atoms with Crippen molar-refractivity contribution < 1.29 is 18.3 Å². The summed E-state index contributed by atoms with van der Waals surface area (Å²) in [4.78, 5) is 26.4. The molecule has 0 aliphatic rings. The van der Waals surface area contributed by atoms with Crippen molar-refractivity contribution in [1.29, 1.82) is 0 Å². The first kappa shape index (κ1) is 27.7. The third-order valence-electron chi connectivity index (χ3n) is 5.64. The standard InChI is InChI=1S/C26H27N3O5S.CH4O/c1-26(2,3)22-15-20(29-11-10-23(30)27-25(29)31)14-21(24(22)34-4)18-7-6-17-13-19(28-35(5,32)33)9-8-16(17)12-18;1-2/h6-15,28H,1-5H3,(H,27,30,31);2H,1H3. The first-order valence-corrected chi connectivity index (χ1v) is 13.3. The Hall–Kier alpha value is -3.89. The number of hydrogen-bond donors (Lipinski definition) is 3. The van der Waals surface area contributed by atoms with Crippen LogP contribution in [0.4, 0.5) is 5.69 Å². The lowest BCUT2D eigenvalue weighted by Gasteiger charge is -2.25. The predicted octanol–water partition coefficient (Wildman–Crippen LogP) is 3.63. The number of aliphatic hydroxyl groups excluding tert-OH is 1. The normalized spacial score (nSPS) is 11.5. The van der Waals surface area contributed by atoms with Gasteiger partial charge in [0.1, 0.15) is 5.75 Å². The molecular weight excluding hydrogens is 494 g/mol. The number of nitrogens with zero attached hydrogens (tertiary/aromatic N) is 1. The second kappa shape index (κ2) is 10.6. The molecule has 4 rings (SSSR count). The zero-order valence-electron chi connectivity index (χ0n) is 21.6. The second-order valence-corrected chi connectivity index (χ2v) is 11.2. The van der Waals surface area contributed by atoms with E-state index in [2.05, 4.69) is 30.5 Å². The first-order chi connectivity index (χ1) is 17.4. The van der Waals surface area contributed by atoms with E-state index in [1.54, 1.807) is 19.2 Å². The van der Waals surface area contributed by atoms with Gasteiger partial charge in [-0.15, -0.1) is 0 Å². The molecule has 10 heteroatoms. The zero-order chi connectivity index (χ0) is 27.5. The quantitative estimate of drug-likeness (QED) is 0.365. The van der Waals surface area contributed by atoms with Gasteiger partial charge in [0.25, 0.3) is 5.56 Å². The lowest BCUT2D eigenvalue weighted by Crippen LogP contribution is -2.27. The van der Waals surface area contributed by atoms with Gasteiger partial charge in [-0.2, -0.15) is 0 Å². The Morgan fingerprint density at radius 3 is 2.19 bits per heavy atom. The minimum Gasteiger partial charge on any atom is -0.496 e. The van der Waals surface area contributed by atoms with Crippen LogP contribution in [-0.2, 0) is 15.4 Å². The Morgan fingerprint density at radius 2 is 1.59 bits per heavy atom. The molecule has 0 aliphatic carbocycles. The van der Waals surface area contributed by atoms with Crippen molar-refractivity contribution in [2.45, 2.75) is 26.2 Å². The van der Waals surface area contributed by atoms with Crippen LogP contribution >= 0.6 is 0 Å². The maximum Gasteiger partial charge on any atom is 0.332 e. The molecular formula is C27H31N3O6S. The van der Waals surface area contributed by atoms with Gasteiger partial charge in [-0.25, -0.2) is 13.2 Å². The van der Waals surface area contributed by atoms with Gasteiger partial charge >= 0.3 is 5.69 Å². The zero-order valence-corrected chi connectivity index (χ0v) is 22.4. The van der Waals surface area contributed by atoms with E-state index in [0.29, 0.717) is 17.1 Å². The Balaban J connectivity index is 0.00000186. The molecule has 4 aromatic rings. The average Bonchev–Trinajstić information content (AvgIpc) is 2.82. The van der Waals surface area contributed by atoms with Crippen LogP contribution in [0.5, 0.6) is 5.75 Å². The molecule has 37 heavy (non-hydrogen) atoms. The van der Waals surface area contributed by atoms with Gasteiger partial charge in [0, 0.05) is 36.2 Å². The summed E-state index contributed by atoms with van der Waals surface area (Å²) in [6.07, 6.45) is 2.57. The van der Waals surface area contributed by atoms with E-state index in [9.17, 15) is 18.0 Å². The molecule has 0 atom stereocenters. The molecule has 0 saturated carbocycles. The van der Waals surface area contributed by atoms with Crippen LogP contribution < -0.4 is 20.7 Å². The highest BCUT2D eigenvalue weighted by atomic mass is 32.2. The fourth-order valence-corrected chi connectivity index (χ4v) is 4.61. The highest BCUT2D eigenvalue weighted by Crippen LogP contribution is 2.41. The van der Waals surface area contributed by atoms with Crippen molar-refractivity contribution in [2.24, 2.45) is 0 Å². The number of aromatic amines is 1. The van der Waals surface area contributed by atoms with Crippen LogP contribution in [0.3, 0.4) is 0 Å². The summed E-state index contributed by atoms with van der Waals surface area (Å²) in [5, 5.41) is 8.78. The van der Waals surface area contributed by atoms with E-state index < -0.39 is 21.3 Å². The monoisotopic (exact) mass is 525 g/mol. The van der Waals surface area contributed by atoms with Gasteiger partial charge < -0.3 is 9.84 Å². The number of fused-ring (bicyclic) bond motifs is 1. The summed E-state index contributed by atoms with van der Waals surface area (Å²) in [6.45, 7) is 6.18. The Morgan fingerprint density at radius 1 is 0.946 bits per heavy atom. The van der Waals surface area contributed by atoms with Gasteiger partial charge in [-0.3, -0.25) is 19.1 Å². The SMILES string of the molecule is CO.COc1c(-c2ccc3cc(NS(C)(=O)=O)ccc3c2)cc(-n2ccc(=O)[nH]c2=O)cc1C(C)(C)C. The van der Waals surface area contributed by atoms with Crippen molar-refractivity contribution in [3.8, 4) is 22.6 Å². The predicted molar refractivity (Wildman–Crippen MR) is 147 cm³/mol. The summed E-state index contributed by atoms with van der Waals surface area (Å²) in [5.41, 5.74) is 2.34. The van der Waals surface area contributed by atoms with Gasteiger partial charge in [-0.05, 0) is 52.1 Å². The van der Waals surface area contributed by atoms with E-state index in [1.807, 2.05) is 36.4 Å². The molecule has 1 heterocycles. The van der Waals surface area contributed by atoms with Crippen molar-refractivity contribution in [3.05, 3.63) is 87.2 Å². The summed E-state index contributed by atoms with van der Waals surface area (Å²) < 4.78 is 32.9. The number of aromatic nitrogens is 2. The fraction of sp³-hybridized carbons (Fsp3) is 0.259. The van der Waals surface area contributed by atoms with Crippen LogP contribution in [0.2, 0.25) is 0 Å². The molecule has 0 unspecified atom stereocenters. The minimum absolute atomic E-state index is 0.301. The van der Waals surface area contributed by atoms with Crippen molar-refractivity contribution >= 4 is 26.5 Å². The van der Waals surface area contributed by atoms with Gasteiger partial charge in [0.05, 0.1) is 19.1 Å². The molecule has 0 saturated heterocycles. The molecule has 0 bridgehead atoms. The van der Waals surface area contributed by atoms with E-state index in [0.717, 1.165) is 40.8 Å². The maximum absolute atomic E-state index is 12.5. The maximum atomic E-state index is 12.5. The Bertz CT molecular complexity index is 1660. The first-order valence-electron chi connectivity index (χ1n) is 11.4. The molecule has 196 valence electrons. The number of sulfonamides is 1. The average molecular weight is 526 g/mol. The van der Waals surface area contributed by atoms with Gasteiger partial charge in [0.15, 0.2) is 0 Å². The Kier molecular flexibility index (Phi) is 7.94. The number of benzene rings is 3. The van der Waals surface area contributed by atoms with Crippen molar-refractivity contribution in [2.75, 3.05) is 25.2 Å². The summed E-state index contributed by atoms with van der Waals surface area (Å²) >= 11 is 0. The number of hydrogen-bond acceptors (Lipinski definition) is 6. The highest BCUT2D eigenvalue weighted by Gasteiger charge is 2.24. The number of aliphatic hydroxyl groups is 1. The number of rotatable bonds is 5. The van der Waals surface area contributed by atoms with E-state index in [4.69, 9.17) is 9.84 Å². The molecule has 3 N–H and O–H groups in total. The third kappa shape index (κ3) is 6.28. The molecule has 0 spiro atoms. The molecule has 0 radical (unpaired) electrons. The molecule has 0 amide bonds.